The molecule has 1 aliphatic rings. The number of hydrogen-bond acceptors (Lipinski definition) is 2. The summed E-state index contributed by atoms with van der Waals surface area (Å²) in [5, 5.41) is 0. The molecule has 1 aliphatic carbocycles. The Bertz CT molecular complexity index is 446. The van der Waals surface area contributed by atoms with Crippen LogP contribution in [0.25, 0.3) is 0 Å². The number of pyridine rings is 1. The van der Waals surface area contributed by atoms with Gasteiger partial charge in [0.05, 0.1) is 5.69 Å². The van der Waals surface area contributed by atoms with Crippen LogP contribution in [0.4, 0.5) is 18.9 Å². The van der Waals surface area contributed by atoms with Gasteiger partial charge in [-0.25, -0.2) is 0 Å². The summed E-state index contributed by atoms with van der Waals surface area (Å²) < 4.78 is 38.4. The SMILES string of the molecule is Nc1ccc(C(F)(F)F)n(C2CC2)c1=O. The van der Waals surface area contributed by atoms with Crippen molar-refractivity contribution < 1.29 is 13.2 Å². The van der Waals surface area contributed by atoms with Crippen molar-refractivity contribution in [2.45, 2.75) is 25.1 Å². The van der Waals surface area contributed by atoms with E-state index in [1.807, 2.05) is 0 Å². The predicted octanol–water partition coefficient (Wildman–Crippen LogP) is 1.78. The smallest absolute Gasteiger partial charge is 0.394 e. The maximum Gasteiger partial charge on any atom is 0.431 e. The zero-order valence-electron chi connectivity index (χ0n) is 7.71. The van der Waals surface area contributed by atoms with Crippen molar-refractivity contribution >= 4 is 5.69 Å². The lowest BCUT2D eigenvalue weighted by molar-refractivity contribution is -0.144. The second-order valence-electron chi connectivity index (χ2n) is 3.58. The van der Waals surface area contributed by atoms with Gasteiger partial charge in [0.25, 0.3) is 5.56 Å². The molecule has 1 saturated carbocycles. The second kappa shape index (κ2) is 3.01. The Morgan fingerprint density at radius 2 is 1.93 bits per heavy atom. The third-order valence-corrected chi connectivity index (χ3v) is 2.35. The van der Waals surface area contributed by atoms with Crippen molar-refractivity contribution in [3.63, 3.8) is 0 Å². The molecule has 2 N–H and O–H groups in total. The maximum absolute atomic E-state index is 12.5. The molecule has 0 amide bonds. The first-order valence-corrected chi connectivity index (χ1v) is 4.49. The first-order valence-electron chi connectivity index (χ1n) is 4.49. The van der Waals surface area contributed by atoms with Crippen LogP contribution < -0.4 is 11.3 Å². The fourth-order valence-electron chi connectivity index (χ4n) is 1.50. The number of nitrogens with two attached hydrogens (primary N) is 1. The first-order chi connectivity index (χ1) is 6.91. The van der Waals surface area contributed by atoms with Gasteiger partial charge in [0.15, 0.2) is 0 Å². The van der Waals surface area contributed by atoms with Gasteiger partial charge in [-0.15, -0.1) is 0 Å². The minimum atomic E-state index is -4.50. The summed E-state index contributed by atoms with van der Waals surface area (Å²) in [5.74, 6) is 0. The van der Waals surface area contributed by atoms with Gasteiger partial charge in [-0.05, 0) is 25.0 Å². The summed E-state index contributed by atoms with van der Waals surface area (Å²) in [4.78, 5) is 11.5. The number of anilines is 1. The lowest BCUT2D eigenvalue weighted by atomic mass is 10.3. The number of aromatic nitrogens is 1. The molecule has 1 heterocycles. The van der Waals surface area contributed by atoms with E-state index in [9.17, 15) is 18.0 Å². The Morgan fingerprint density at radius 1 is 1.33 bits per heavy atom. The number of rotatable bonds is 1. The molecule has 0 atom stereocenters. The molecule has 1 aromatic heterocycles. The Kier molecular flexibility index (Phi) is 2.02. The van der Waals surface area contributed by atoms with E-state index < -0.39 is 17.4 Å². The van der Waals surface area contributed by atoms with Crippen LogP contribution in [0.5, 0.6) is 0 Å². The second-order valence-corrected chi connectivity index (χ2v) is 3.58. The molecular weight excluding hydrogens is 209 g/mol. The van der Waals surface area contributed by atoms with Crippen molar-refractivity contribution in [3.05, 3.63) is 28.2 Å². The van der Waals surface area contributed by atoms with E-state index >= 15 is 0 Å². The standard InChI is InChI=1S/C9H9F3N2O/c10-9(11,12)7-4-3-6(13)8(15)14(7)5-1-2-5/h3-5H,1-2,13H2. The Labute approximate surface area is 83.3 Å². The molecule has 0 saturated heterocycles. The molecule has 0 spiro atoms. The van der Waals surface area contributed by atoms with E-state index in [-0.39, 0.29) is 11.7 Å². The molecule has 82 valence electrons. The Hall–Kier alpha value is -1.46. The number of hydrogen-bond donors (Lipinski definition) is 1. The summed E-state index contributed by atoms with van der Waals surface area (Å²) in [6, 6.07) is 1.52. The highest BCUT2D eigenvalue weighted by atomic mass is 19.4. The van der Waals surface area contributed by atoms with Crippen LogP contribution in [-0.2, 0) is 6.18 Å². The summed E-state index contributed by atoms with van der Waals surface area (Å²) >= 11 is 0. The molecule has 0 unspecified atom stereocenters. The molecule has 0 aliphatic heterocycles. The first kappa shape index (κ1) is 10.1. The lowest BCUT2D eigenvalue weighted by Crippen LogP contribution is -2.28. The molecule has 3 nitrogen and oxygen atoms in total. The van der Waals surface area contributed by atoms with Crippen molar-refractivity contribution in [3.8, 4) is 0 Å². The third-order valence-electron chi connectivity index (χ3n) is 2.35. The van der Waals surface area contributed by atoms with Gasteiger partial charge < -0.3 is 5.73 Å². The van der Waals surface area contributed by atoms with Crippen LogP contribution in [0.3, 0.4) is 0 Å². The fourth-order valence-corrected chi connectivity index (χ4v) is 1.50. The van der Waals surface area contributed by atoms with E-state index in [4.69, 9.17) is 5.73 Å². The van der Waals surface area contributed by atoms with E-state index in [0.29, 0.717) is 12.8 Å². The predicted molar refractivity (Wildman–Crippen MR) is 48.4 cm³/mol. The highest BCUT2D eigenvalue weighted by molar-refractivity contribution is 5.37. The number of nitrogen functional groups attached to an aromatic ring is 1. The van der Waals surface area contributed by atoms with E-state index in [1.54, 1.807) is 0 Å². The van der Waals surface area contributed by atoms with E-state index in [0.717, 1.165) is 16.7 Å². The number of halogens is 3. The van der Waals surface area contributed by atoms with Crippen LogP contribution in [0.15, 0.2) is 16.9 Å². The van der Waals surface area contributed by atoms with Crippen LogP contribution in [0.2, 0.25) is 0 Å². The van der Waals surface area contributed by atoms with Gasteiger partial charge >= 0.3 is 6.18 Å². The third kappa shape index (κ3) is 1.71. The topological polar surface area (TPSA) is 48.0 Å². The lowest BCUT2D eigenvalue weighted by Gasteiger charge is -2.14. The Balaban J connectivity index is 2.65. The summed E-state index contributed by atoms with van der Waals surface area (Å²) in [6.45, 7) is 0. The normalized spacial score (nSPS) is 16.7. The van der Waals surface area contributed by atoms with E-state index in [1.165, 1.54) is 0 Å². The van der Waals surface area contributed by atoms with Gasteiger partial charge in [-0.1, -0.05) is 0 Å². The van der Waals surface area contributed by atoms with Gasteiger partial charge in [-0.2, -0.15) is 13.2 Å². The minimum Gasteiger partial charge on any atom is -0.394 e. The molecular formula is C9H9F3N2O. The van der Waals surface area contributed by atoms with Crippen molar-refractivity contribution in [1.29, 1.82) is 0 Å². The van der Waals surface area contributed by atoms with Gasteiger partial charge in [0, 0.05) is 6.04 Å². The Morgan fingerprint density at radius 3 is 2.40 bits per heavy atom. The average Bonchev–Trinajstić information content (AvgIpc) is 2.90. The molecule has 0 radical (unpaired) electrons. The molecule has 0 aromatic carbocycles. The quantitative estimate of drug-likeness (QED) is 0.781. The number of alkyl halides is 3. The van der Waals surface area contributed by atoms with Crippen molar-refractivity contribution in [2.24, 2.45) is 0 Å². The average molecular weight is 218 g/mol. The van der Waals surface area contributed by atoms with Gasteiger partial charge in [0.1, 0.15) is 5.69 Å². The molecule has 1 aromatic rings. The molecule has 2 rings (SSSR count). The van der Waals surface area contributed by atoms with Crippen molar-refractivity contribution in [1.82, 2.24) is 4.57 Å². The summed E-state index contributed by atoms with van der Waals surface area (Å²) in [5.41, 5.74) is 3.50. The van der Waals surface area contributed by atoms with E-state index in [2.05, 4.69) is 0 Å². The van der Waals surface area contributed by atoms with Crippen LogP contribution >= 0.6 is 0 Å². The molecule has 15 heavy (non-hydrogen) atoms. The summed E-state index contributed by atoms with van der Waals surface area (Å²) in [6.07, 6.45) is -3.30. The maximum atomic E-state index is 12.5. The van der Waals surface area contributed by atoms with Gasteiger partial charge in [-0.3, -0.25) is 9.36 Å². The number of nitrogens with zero attached hydrogens (tertiary/aromatic N) is 1. The van der Waals surface area contributed by atoms with Crippen LogP contribution in [0, 0.1) is 0 Å². The largest absolute Gasteiger partial charge is 0.431 e. The fraction of sp³-hybridized carbons (Fsp3) is 0.444. The molecule has 6 heteroatoms. The van der Waals surface area contributed by atoms with Crippen LogP contribution in [-0.4, -0.2) is 4.57 Å². The monoisotopic (exact) mass is 218 g/mol. The zero-order chi connectivity index (χ0) is 11.2. The van der Waals surface area contributed by atoms with Crippen LogP contribution in [0.1, 0.15) is 24.6 Å². The van der Waals surface area contributed by atoms with Crippen molar-refractivity contribution in [2.75, 3.05) is 5.73 Å². The zero-order valence-corrected chi connectivity index (χ0v) is 7.71. The molecule has 1 fully saturated rings. The minimum absolute atomic E-state index is 0.144. The van der Waals surface area contributed by atoms with Gasteiger partial charge in [0.2, 0.25) is 0 Å². The summed E-state index contributed by atoms with van der Waals surface area (Å²) in [7, 11) is 0. The highest BCUT2D eigenvalue weighted by Crippen LogP contribution is 2.39. The molecule has 0 bridgehead atoms. The highest BCUT2D eigenvalue weighted by Gasteiger charge is 2.39.